The van der Waals surface area contributed by atoms with Gasteiger partial charge in [-0.15, -0.1) is 0 Å². The summed E-state index contributed by atoms with van der Waals surface area (Å²) in [5.74, 6) is -1.04. The molecule has 10 rings (SSSR count). The predicted molar refractivity (Wildman–Crippen MR) is 254 cm³/mol. The molecular weight excluding hydrogens is 923 g/mol. The average molecular weight is 981 g/mol. The van der Waals surface area contributed by atoms with Crippen molar-refractivity contribution in [2.75, 3.05) is 81.5 Å². The predicted octanol–water partition coefficient (Wildman–Crippen LogP) is 4.14. The fraction of sp³-hybridized carbons (Fsp3) is 0.542. The van der Waals surface area contributed by atoms with Gasteiger partial charge in [-0.3, -0.25) is 24.6 Å². The Morgan fingerprint density at radius 3 is 2.24 bits per heavy atom. The van der Waals surface area contributed by atoms with Crippen LogP contribution in [-0.2, 0) is 24.7 Å². The number of imide groups is 1. The molecule has 1 aromatic carbocycles. The third-order valence-electron chi connectivity index (χ3n) is 14.3. The zero-order chi connectivity index (χ0) is 49.8. The summed E-state index contributed by atoms with van der Waals surface area (Å²) in [4.78, 5) is 75.2. The van der Waals surface area contributed by atoms with Crippen LogP contribution in [0.2, 0.25) is 0 Å². The Morgan fingerprint density at radius 1 is 0.901 bits per heavy atom. The molecule has 21 nitrogen and oxygen atoms in total. The number of hydrogen-bond donors (Lipinski definition) is 4. The number of benzene rings is 1. The lowest BCUT2D eigenvalue weighted by Crippen LogP contribution is -2.56. The van der Waals surface area contributed by atoms with Gasteiger partial charge in [-0.1, -0.05) is 5.16 Å². The van der Waals surface area contributed by atoms with Gasteiger partial charge in [-0.2, -0.15) is 5.10 Å². The number of amides is 4. The molecule has 23 heteroatoms. The van der Waals surface area contributed by atoms with Gasteiger partial charge < -0.3 is 40.1 Å². The van der Waals surface area contributed by atoms with E-state index in [4.69, 9.17) is 30.1 Å². The molecule has 5 aliphatic rings. The molecule has 1 aliphatic carbocycles. The Bertz CT molecular complexity index is 2820. The molecule has 71 heavy (non-hydrogen) atoms. The van der Waals surface area contributed by atoms with Crippen LogP contribution in [0.1, 0.15) is 95.3 Å². The highest BCUT2D eigenvalue weighted by molar-refractivity contribution is 6.02. The smallest absolute Gasteiger partial charge is 0.410 e. The number of aromatic nitrogens is 7. The van der Waals surface area contributed by atoms with E-state index in [0.717, 1.165) is 30.5 Å². The minimum Gasteiger partial charge on any atom is -0.439 e. The number of piperidine rings is 3. The summed E-state index contributed by atoms with van der Waals surface area (Å²) in [6.45, 7) is 9.01. The van der Waals surface area contributed by atoms with Crippen LogP contribution < -0.4 is 21.3 Å². The molecule has 5 fully saturated rings. The van der Waals surface area contributed by atoms with Crippen LogP contribution in [0.25, 0.3) is 33.8 Å². The Kier molecular flexibility index (Phi) is 12.8. The topological polar surface area (TPSA) is 256 Å². The second-order valence-corrected chi connectivity index (χ2v) is 20.4. The number of fused-ring (bicyclic) bond motifs is 1. The first-order valence-corrected chi connectivity index (χ1v) is 24.3. The van der Waals surface area contributed by atoms with E-state index in [1.165, 1.54) is 6.33 Å². The van der Waals surface area contributed by atoms with Gasteiger partial charge in [0.05, 0.1) is 22.1 Å². The zero-order valence-corrected chi connectivity index (χ0v) is 40.0. The number of piperazine rings is 1. The number of nitrogens with zero attached hydrogens (tertiary/aromatic N) is 11. The van der Waals surface area contributed by atoms with Gasteiger partial charge >= 0.3 is 6.09 Å². The molecule has 4 amide bonds. The molecular formula is C48H58F2N14O7. The molecule has 1 atom stereocenters. The molecule has 0 radical (unpaired) electrons. The SMILES string of the molecule is CC(C)(C)n1nc(-c2noc(C3CC3)c2-c2ncc(C3CCN(C(=O)OCC(=O)N4CCC(O)(CN5CCN(c6c(F)cc(NC7CCC(=O)NC7=O)cc6F)CC5)CC4)CC3)cn2)c2c(N)ncnc21. The number of likely N-dealkylation sites (tertiary alicyclic amines) is 2. The molecule has 4 aromatic heterocycles. The minimum absolute atomic E-state index is 0.0973. The Labute approximate surface area is 407 Å². The number of aliphatic hydroxyl groups is 1. The van der Waals surface area contributed by atoms with E-state index in [9.17, 15) is 24.3 Å². The molecule has 1 saturated carbocycles. The van der Waals surface area contributed by atoms with E-state index >= 15 is 8.78 Å². The van der Waals surface area contributed by atoms with Gasteiger partial charge in [0.2, 0.25) is 11.8 Å². The van der Waals surface area contributed by atoms with Gasteiger partial charge in [-0.05, 0) is 89.3 Å². The van der Waals surface area contributed by atoms with Gasteiger partial charge in [0, 0.05) is 89.3 Å². The maximum absolute atomic E-state index is 15.3. The van der Waals surface area contributed by atoms with E-state index in [1.54, 1.807) is 14.7 Å². The van der Waals surface area contributed by atoms with Gasteiger partial charge in [-0.25, -0.2) is 38.2 Å². The van der Waals surface area contributed by atoms with Gasteiger partial charge in [0.1, 0.15) is 35.3 Å². The van der Waals surface area contributed by atoms with E-state index in [1.807, 2.05) is 37.8 Å². The number of rotatable bonds is 11. The van der Waals surface area contributed by atoms with Crippen LogP contribution in [0.3, 0.4) is 0 Å². The van der Waals surface area contributed by atoms with Crippen LogP contribution in [0, 0.1) is 11.6 Å². The Hall–Kier alpha value is -6.88. The zero-order valence-electron chi connectivity index (χ0n) is 40.0. The van der Waals surface area contributed by atoms with Gasteiger partial charge in [0.25, 0.3) is 5.91 Å². The highest BCUT2D eigenvalue weighted by Crippen LogP contribution is 2.48. The molecule has 376 valence electrons. The number of β-amino-alcohol motifs (C(OH)–C–C–N with tert-alkyl or cyclic N) is 1. The number of carbonyl (C=O) groups is 4. The van der Waals surface area contributed by atoms with Crippen molar-refractivity contribution in [2.24, 2.45) is 0 Å². The van der Waals surface area contributed by atoms with E-state index in [-0.39, 0.29) is 66.8 Å². The third kappa shape index (κ3) is 9.93. The number of ether oxygens (including phenoxy) is 1. The van der Waals surface area contributed by atoms with E-state index in [2.05, 4.69) is 30.7 Å². The number of anilines is 3. The molecule has 0 spiro atoms. The van der Waals surface area contributed by atoms with Crippen molar-refractivity contribution in [3.8, 4) is 22.8 Å². The van der Waals surface area contributed by atoms with Crippen LogP contribution >= 0.6 is 0 Å². The van der Waals surface area contributed by atoms with Crippen molar-refractivity contribution in [2.45, 2.75) is 101 Å². The monoisotopic (exact) mass is 980 g/mol. The number of nitrogens with one attached hydrogen (secondary N) is 2. The van der Waals surface area contributed by atoms with Crippen molar-refractivity contribution < 1.29 is 42.3 Å². The maximum Gasteiger partial charge on any atom is 0.410 e. The summed E-state index contributed by atoms with van der Waals surface area (Å²) in [6.07, 6.45) is 8.74. The summed E-state index contributed by atoms with van der Waals surface area (Å²) in [5, 5.41) is 26.6. The molecule has 1 unspecified atom stereocenters. The minimum atomic E-state index is -1.07. The average Bonchev–Trinajstić information content (AvgIpc) is 3.96. The summed E-state index contributed by atoms with van der Waals surface area (Å²) in [5.41, 5.74) is 8.05. The standard InChI is InChI=1S/C48H58F2N14O7/c1-47(2,3)64-44-37(42(51)54-26-55-44)38(58-64)39-36(41(71-59-39)28-4-5-28)43-52-22-29(23-53-43)27-8-12-63(13-9-27)46(68)70-24-35(66)61-14-10-48(69,11-15-61)25-60-16-18-62(19-17-60)40-31(49)20-30(21-32(40)50)56-33-6-7-34(65)57-45(33)67/h20-23,26-28,33,56,69H,4-19,24-25H2,1-3H3,(H2,51,54,55)(H,57,65,67). The molecule has 4 saturated heterocycles. The van der Waals surface area contributed by atoms with Crippen molar-refractivity contribution in [1.29, 1.82) is 0 Å². The largest absolute Gasteiger partial charge is 0.439 e. The maximum atomic E-state index is 15.3. The normalized spacial score (nSPS) is 20.4. The number of nitrogen functional groups attached to an aromatic ring is 1. The lowest BCUT2D eigenvalue weighted by atomic mass is 9.90. The highest BCUT2D eigenvalue weighted by Gasteiger charge is 2.39. The lowest BCUT2D eigenvalue weighted by molar-refractivity contribution is -0.139. The molecule has 4 aliphatic heterocycles. The summed E-state index contributed by atoms with van der Waals surface area (Å²) in [6, 6.07) is 1.53. The van der Waals surface area contributed by atoms with Crippen molar-refractivity contribution >= 4 is 52.0 Å². The van der Waals surface area contributed by atoms with Crippen LogP contribution in [0.4, 0.5) is 30.8 Å². The van der Waals surface area contributed by atoms with Crippen LogP contribution in [0.5, 0.6) is 0 Å². The highest BCUT2D eigenvalue weighted by atomic mass is 19.1. The molecule has 0 bridgehead atoms. The number of carbonyl (C=O) groups excluding carboxylic acids is 4. The summed E-state index contributed by atoms with van der Waals surface area (Å²) < 4.78 is 43.8. The van der Waals surface area contributed by atoms with Gasteiger partial charge in [0.15, 0.2) is 35.5 Å². The summed E-state index contributed by atoms with van der Waals surface area (Å²) in [7, 11) is 0. The fourth-order valence-electron chi connectivity index (χ4n) is 10.2. The van der Waals surface area contributed by atoms with Crippen molar-refractivity contribution in [1.82, 2.24) is 54.9 Å². The first kappa shape index (κ1) is 47.8. The van der Waals surface area contributed by atoms with Crippen molar-refractivity contribution in [3.63, 3.8) is 0 Å². The molecule has 5 N–H and O–H groups in total. The third-order valence-corrected chi connectivity index (χ3v) is 14.3. The van der Waals surface area contributed by atoms with E-state index in [0.29, 0.717) is 111 Å². The quantitative estimate of drug-likeness (QED) is 0.136. The number of nitrogens with two attached hydrogens (primary N) is 1. The van der Waals surface area contributed by atoms with E-state index < -0.39 is 47.4 Å². The Balaban J connectivity index is 0.675. The number of halogens is 2. The van der Waals surface area contributed by atoms with Crippen molar-refractivity contribution in [3.05, 3.63) is 53.8 Å². The summed E-state index contributed by atoms with van der Waals surface area (Å²) >= 11 is 0. The number of hydrogen-bond acceptors (Lipinski definition) is 17. The Morgan fingerprint density at radius 2 is 1.59 bits per heavy atom. The molecule has 8 heterocycles. The molecule has 5 aromatic rings. The fourth-order valence-corrected chi connectivity index (χ4v) is 10.2. The van der Waals surface area contributed by atoms with Crippen LogP contribution in [-0.4, -0.2) is 156 Å². The first-order chi connectivity index (χ1) is 34.0. The first-order valence-electron chi connectivity index (χ1n) is 24.3. The van der Waals surface area contributed by atoms with Crippen LogP contribution in [0.15, 0.2) is 35.4 Å². The second kappa shape index (κ2) is 19.0. The lowest BCUT2D eigenvalue weighted by Gasteiger charge is -2.43. The second-order valence-electron chi connectivity index (χ2n) is 20.4.